The topological polar surface area (TPSA) is 65.5 Å². The number of nitrogens with zero attached hydrogens (tertiary/aromatic N) is 2. The van der Waals surface area contributed by atoms with Crippen molar-refractivity contribution in [3.63, 3.8) is 0 Å². The summed E-state index contributed by atoms with van der Waals surface area (Å²) in [5.74, 6) is 2.88. The molecule has 2 rings (SSSR count). The molecule has 6 heteroatoms. The Hall–Kier alpha value is -2.34. The molecule has 6 nitrogen and oxygen atoms in total. The van der Waals surface area contributed by atoms with Gasteiger partial charge in [-0.3, -0.25) is 0 Å². The molecule has 0 fully saturated rings. The molecular weight excluding hydrogens is 318 g/mol. The van der Waals surface area contributed by atoms with Crippen molar-refractivity contribution in [3.05, 3.63) is 35.8 Å². The zero-order valence-corrected chi connectivity index (χ0v) is 15.8. The van der Waals surface area contributed by atoms with Gasteiger partial charge in [0.05, 0.1) is 26.0 Å². The molecule has 0 spiro atoms. The molecule has 0 atom stereocenters. The summed E-state index contributed by atoms with van der Waals surface area (Å²) in [7, 11) is 3.28. The molecule has 136 valence electrons. The smallest absolute Gasteiger partial charge is 0.163 e. The van der Waals surface area contributed by atoms with Crippen LogP contribution in [-0.2, 0) is 16.8 Å². The van der Waals surface area contributed by atoms with E-state index < -0.39 is 0 Å². The lowest BCUT2D eigenvalue weighted by Gasteiger charge is -2.19. The number of benzene rings is 1. The van der Waals surface area contributed by atoms with Crippen molar-refractivity contribution in [1.82, 2.24) is 9.97 Å². The number of hydrogen-bond acceptors (Lipinski definition) is 6. The molecule has 0 saturated carbocycles. The molecule has 0 saturated heterocycles. The van der Waals surface area contributed by atoms with Crippen molar-refractivity contribution in [2.75, 3.05) is 26.1 Å². The second-order valence-electron chi connectivity index (χ2n) is 6.67. The lowest BCUT2D eigenvalue weighted by molar-refractivity contribution is 0.181. The molecule has 0 aliphatic carbocycles. The molecule has 1 aromatic carbocycles. The number of anilines is 2. The molecular formula is C19H27N3O3. The third kappa shape index (κ3) is 5.06. The highest BCUT2D eigenvalue weighted by atomic mass is 16.5. The molecule has 1 aromatic heterocycles. The van der Waals surface area contributed by atoms with Gasteiger partial charge in [0.25, 0.3) is 0 Å². The molecule has 2 aromatic rings. The van der Waals surface area contributed by atoms with E-state index in [2.05, 4.69) is 36.1 Å². The van der Waals surface area contributed by atoms with Crippen LogP contribution < -0.4 is 14.8 Å². The highest BCUT2D eigenvalue weighted by molar-refractivity contribution is 5.61. The number of aromatic nitrogens is 2. The van der Waals surface area contributed by atoms with Crippen molar-refractivity contribution in [2.24, 2.45) is 0 Å². The van der Waals surface area contributed by atoms with E-state index >= 15 is 0 Å². The molecule has 0 radical (unpaired) electrons. The third-order valence-electron chi connectivity index (χ3n) is 3.48. The first kappa shape index (κ1) is 19.0. The minimum atomic E-state index is -0.156. The van der Waals surface area contributed by atoms with E-state index in [4.69, 9.17) is 14.2 Å². The van der Waals surface area contributed by atoms with Crippen LogP contribution in [0, 0.1) is 0 Å². The van der Waals surface area contributed by atoms with E-state index in [1.807, 2.05) is 31.2 Å². The van der Waals surface area contributed by atoms with Crippen LogP contribution >= 0.6 is 0 Å². The highest BCUT2D eigenvalue weighted by Crippen LogP contribution is 2.31. The molecule has 0 aliphatic heterocycles. The SMILES string of the molecule is CCOc1cc(Nc2cc(COC)nc(C(C)(C)C)n2)ccc1OC. The lowest BCUT2D eigenvalue weighted by Crippen LogP contribution is -2.18. The Kier molecular flexibility index (Phi) is 6.20. The predicted molar refractivity (Wildman–Crippen MR) is 98.9 cm³/mol. The normalized spacial score (nSPS) is 11.3. The van der Waals surface area contributed by atoms with Gasteiger partial charge in [-0.15, -0.1) is 0 Å². The third-order valence-corrected chi connectivity index (χ3v) is 3.48. The van der Waals surface area contributed by atoms with Crippen LogP contribution in [0.1, 0.15) is 39.2 Å². The summed E-state index contributed by atoms with van der Waals surface area (Å²) in [6.45, 7) is 9.21. The first-order chi connectivity index (χ1) is 11.9. The van der Waals surface area contributed by atoms with Crippen LogP contribution in [0.5, 0.6) is 11.5 Å². The Bertz CT molecular complexity index is 712. The summed E-state index contributed by atoms with van der Waals surface area (Å²) >= 11 is 0. The summed E-state index contributed by atoms with van der Waals surface area (Å²) in [5, 5.41) is 3.32. The second kappa shape index (κ2) is 8.16. The zero-order chi connectivity index (χ0) is 18.4. The van der Waals surface area contributed by atoms with Gasteiger partial charge in [-0.1, -0.05) is 20.8 Å². The summed E-state index contributed by atoms with van der Waals surface area (Å²) in [4.78, 5) is 9.24. The van der Waals surface area contributed by atoms with Gasteiger partial charge in [0, 0.05) is 30.3 Å². The first-order valence-electron chi connectivity index (χ1n) is 8.32. The van der Waals surface area contributed by atoms with Gasteiger partial charge in [-0.05, 0) is 19.1 Å². The maximum absolute atomic E-state index is 5.63. The van der Waals surface area contributed by atoms with Crippen LogP contribution in [0.4, 0.5) is 11.5 Å². The number of hydrogen-bond donors (Lipinski definition) is 1. The van der Waals surface area contributed by atoms with E-state index in [1.54, 1.807) is 14.2 Å². The van der Waals surface area contributed by atoms with Gasteiger partial charge in [0.15, 0.2) is 11.5 Å². The Morgan fingerprint density at radius 2 is 1.80 bits per heavy atom. The second-order valence-corrected chi connectivity index (χ2v) is 6.67. The monoisotopic (exact) mass is 345 g/mol. The zero-order valence-electron chi connectivity index (χ0n) is 15.8. The predicted octanol–water partition coefficient (Wildman–Crippen LogP) is 4.07. The maximum atomic E-state index is 5.63. The summed E-state index contributed by atoms with van der Waals surface area (Å²) in [6, 6.07) is 7.59. The van der Waals surface area contributed by atoms with Crippen LogP contribution in [-0.4, -0.2) is 30.8 Å². The largest absolute Gasteiger partial charge is 0.493 e. The minimum Gasteiger partial charge on any atom is -0.493 e. The summed E-state index contributed by atoms with van der Waals surface area (Å²) in [6.07, 6.45) is 0. The van der Waals surface area contributed by atoms with Crippen molar-refractivity contribution in [1.29, 1.82) is 0 Å². The van der Waals surface area contributed by atoms with E-state index in [1.165, 1.54) is 0 Å². The fourth-order valence-electron chi connectivity index (χ4n) is 2.29. The van der Waals surface area contributed by atoms with Gasteiger partial charge >= 0.3 is 0 Å². The molecule has 1 heterocycles. The fourth-order valence-corrected chi connectivity index (χ4v) is 2.29. The van der Waals surface area contributed by atoms with Crippen LogP contribution in [0.25, 0.3) is 0 Å². The molecule has 0 aliphatic rings. The Morgan fingerprint density at radius 3 is 2.40 bits per heavy atom. The van der Waals surface area contributed by atoms with Crippen LogP contribution in [0.2, 0.25) is 0 Å². The molecule has 1 N–H and O–H groups in total. The molecule has 25 heavy (non-hydrogen) atoms. The van der Waals surface area contributed by atoms with Crippen molar-refractivity contribution >= 4 is 11.5 Å². The quantitative estimate of drug-likeness (QED) is 0.816. The number of methoxy groups -OCH3 is 2. The van der Waals surface area contributed by atoms with E-state index in [-0.39, 0.29) is 5.41 Å². The van der Waals surface area contributed by atoms with Crippen molar-refractivity contribution < 1.29 is 14.2 Å². The molecule has 0 amide bonds. The average molecular weight is 345 g/mol. The maximum Gasteiger partial charge on any atom is 0.163 e. The van der Waals surface area contributed by atoms with Gasteiger partial charge in [-0.2, -0.15) is 0 Å². The number of ether oxygens (including phenoxy) is 3. The van der Waals surface area contributed by atoms with E-state index in [0.717, 1.165) is 23.0 Å². The van der Waals surface area contributed by atoms with Crippen LogP contribution in [0.15, 0.2) is 24.3 Å². The summed E-state index contributed by atoms with van der Waals surface area (Å²) < 4.78 is 16.2. The Labute approximate surface area is 149 Å². The number of rotatable bonds is 7. The Balaban J connectivity index is 2.35. The van der Waals surface area contributed by atoms with Gasteiger partial charge < -0.3 is 19.5 Å². The summed E-state index contributed by atoms with van der Waals surface area (Å²) in [5.41, 5.74) is 1.55. The average Bonchev–Trinajstić information content (AvgIpc) is 2.55. The molecule has 0 bridgehead atoms. The first-order valence-corrected chi connectivity index (χ1v) is 8.32. The van der Waals surface area contributed by atoms with Crippen molar-refractivity contribution in [3.8, 4) is 11.5 Å². The molecule has 0 unspecified atom stereocenters. The van der Waals surface area contributed by atoms with Gasteiger partial charge in [0.2, 0.25) is 0 Å². The minimum absolute atomic E-state index is 0.156. The lowest BCUT2D eigenvalue weighted by atomic mass is 9.95. The Morgan fingerprint density at radius 1 is 1.04 bits per heavy atom. The van der Waals surface area contributed by atoms with Gasteiger partial charge in [0.1, 0.15) is 11.6 Å². The number of nitrogens with one attached hydrogen (secondary N) is 1. The van der Waals surface area contributed by atoms with Crippen LogP contribution in [0.3, 0.4) is 0 Å². The fraction of sp³-hybridized carbons (Fsp3) is 0.474. The highest BCUT2D eigenvalue weighted by Gasteiger charge is 2.19. The van der Waals surface area contributed by atoms with Crippen molar-refractivity contribution in [2.45, 2.75) is 39.7 Å². The standard InChI is InChI=1S/C19H27N3O3/c1-7-25-16-10-13(8-9-15(16)24-6)20-17-11-14(12-23-5)21-18(22-17)19(2,3)4/h8-11H,7,12H2,1-6H3,(H,20,21,22). The van der Waals surface area contributed by atoms with E-state index in [9.17, 15) is 0 Å². The van der Waals surface area contributed by atoms with E-state index in [0.29, 0.717) is 24.7 Å². The van der Waals surface area contributed by atoms with Gasteiger partial charge in [-0.25, -0.2) is 9.97 Å².